The summed E-state index contributed by atoms with van der Waals surface area (Å²) < 4.78 is 5.05. The van der Waals surface area contributed by atoms with Crippen LogP contribution in [0.3, 0.4) is 0 Å². The summed E-state index contributed by atoms with van der Waals surface area (Å²) in [5.74, 6) is 0.610. The van der Waals surface area contributed by atoms with Gasteiger partial charge in [0, 0.05) is 11.7 Å². The molecule has 5 nitrogen and oxygen atoms in total. The minimum atomic E-state index is -0.549. The van der Waals surface area contributed by atoms with E-state index >= 15 is 0 Å². The Morgan fingerprint density at radius 3 is 2.47 bits per heavy atom. The summed E-state index contributed by atoms with van der Waals surface area (Å²) in [6.45, 7) is 3.77. The molecule has 0 fully saturated rings. The highest BCUT2D eigenvalue weighted by molar-refractivity contribution is 5.77. The molecule has 1 amide bonds. The van der Waals surface area contributed by atoms with Crippen molar-refractivity contribution in [3.05, 3.63) is 24.3 Å². The molecule has 102 valence electrons. The van der Waals surface area contributed by atoms with E-state index in [1.807, 2.05) is 26.0 Å². The van der Waals surface area contributed by atoms with E-state index < -0.39 is 6.04 Å². The molecule has 0 aromatic heterocycles. The van der Waals surface area contributed by atoms with Crippen molar-refractivity contribution in [1.29, 1.82) is 5.26 Å². The number of carbonyl (C=O) groups excluding carboxylic acids is 1. The lowest BCUT2D eigenvalue weighted by atomic mass is 10.2. The Bertz CT molecular complexity index is 449. The van der Waals surface area contributed by atoms with Crippen molar-refractivity contribution in [3.63, 3.8) is 0 Å². The number of hydrogen-bond acceptors (Lipinski definition) is 4. The topological polar surface area (TPSA) is 74.1 Å². The Kier molecular flexibility index (Phi) is 5.68. The molecule has 1 atom stereocenters. The van der Waals surface area contributed by atoms with Gasteiger partial charge in [-0.15, -0.1) is 0 Å². The Labute approximate surface area is 113 Å². The predicted octanol–water partition coefficient (Wildman–Crippen LogP) is 1.91. The molecule has 1 aromatic rings. The first-order valence-corrected chi connectivity index (χ1v) is 6.14. The van der Waals surface area contributed by atoms with Crippen molar-refractivity contribution in [2.45, 2.75) is 32.4 Å². The lowest BCUT2D eigenvalue weighted by Gasteiger charge is -2.14. The summed E-state index contributed by atoms with van der Waals surface area (Å²) in [6, 6.07) is 8.82. The van der Waals surface area contributed by atoms with Gasteiger partial charge in [0.2, 0.25) is 5.91 Å². The van der Waals surface area contributed by atoms with Gasteiger partial charge in [0.05, 0.1) is 19.6 Å². The average Bonchev–Trinajstić information content (AvgIpc) is 2.37. The van der Waals surface area contributed by atoms with Crippen molar-refractivity contribution in [3.8, 4) is 11.8 Å². The normalized spacial score (nSPS) is 11.5. The maximum atomic E-state index is 11.6. The van der Waals surface area contributed by atoms with Crippen molar-refractivity contribution >= 4 is 11.6 Å². The largest absolute Gasteiger partial charge is 0.497 e. The number of hydrogen-bond donors (Lipinski definition) is 2. The maximum absolute atomic E-state index is 11.6. The molecule has 1 unspecified atom stereocenters. The Morgan fingerprint density at radius 2 is 2.00 bits per heavy atom. The smallest absolute Gasteiger partial charge is 0.223 e. The number of nitriles is 1. The van der Waals surface area contributed by atoms with Crippen LogP contribution in [-0.4, -0.2) is 25.1 Å². The van der Waals surface area contributed by atoms with Crippen LogP contribution >= 0.6 is 0 Å². The number of anilines is 1. The van der Waals surface area contributed by atoms with Crippen molar-refractivity contribution < 1.29 is 9.53 Å². The minimum absolute atomic E-state index is 0.0767. The van der Waals surface area contributed by atoms with E-state index in [1.54, 1.807) is 19.2 Å². The van der Waals surface area contributed by atoms with Gasteiger partial charge in [0.25, 0.3) is 0 Å². The van der Waals surface area contributed by atoms with Crippen molar-refractivity contribution in [2.24, 2.45) is 0 Å². The molecule has 0 aliphatic heterocycles. The molecule has 0 saturated heterocycles. The number of benzene rings is 1. The number of methoxy groups -OCH3 is 1. The second-order valence-electron chi connectivity index (χ2n) is 4.48. The van der Waals surface area contributed by atoms with E-state index in [-0.39, 0.29) is 18.4 Å². The minimum Gasteiger partial charge on any atom is -0.497 e. The van der Waals surface area contributed by atoms with Crippen LogP contribution in [0.4, 0.5) is 5.69 Å². The summed E-state index contributed by atoms with van der Waals surface area (Å²) in [5, 5.41) is 14.8. The van der Waals surface area contributed by atoms with Gasteiger partial charge in [0.15, 0.2) is 0 Å². The van der Waals surface area contributed by atoms with Gasteiger partial charge in [-0.05, 0) is 38.1 Å². The van der Waals surface area contributed by atoms with Gasteiger partial charge in [0.1, 0.15) is 11.8 Å². The third-order valence-electron chi connectivity index (χ3n) is 2.43. The number of rotatable bonds is 6. The fourth-order valence-corrected chi connectivity index (χ4v) is 1.58. The van der Waals surface area contributed by atoms with Gasteiger partial charge in [-0.2, -0.15) is 5.26 Å². The summed E-state index contributed by atoms with van der Waals surface area (Å²) in [5.41, 5.74) is 0.782. The zero-order valence-corrected chi connectivity index (χ0v) is 11.4. The first kappa shape index (κ1) is 14.8. The van der Waals surface area contributed by atoms with Gasteiger partial charge < -0.3 is 15.4 Å². The first-order valence-electron chi connectivity index (χ1n) is 6.14. The SMILES string of the molecule is COc1ccc(NC(C#N)CC(=O)NC(C)C)cc1. The predicted molar refractivity (Wildman–Crippen MR) is 73.9 cm³/mol. The highest BCUT2D eigenvalue weighted by atomic mass is 16.5. The molecule has 19 heavy (non-hydrogen) atoms. The van der Waals surface area contributed by atoms with Crippen LogP contribution in [0.1, 0.15) is 20.3 Å². The second-order valence-corrected chi connectivity index (χ2v) is 4.48. The molecule has 0 radical (unpaired) electrons. The Hall–Kier alpha value is -2.22. The monoisotopic (exact) mass is 261 g/mol. The molecule has 0 spiro atoms. The summed E-state index contributed by atoms with van der Waals surface area (Å²) >= 11 is 0. The van der Waals surface area contributed by atoms with Crippen molar-refractivity contribution in [1.82, 2.24) is 5.32 Å². The van der Waals surface area contributed by atoms with Crippen LogP contribution in [0.15, 0.2) is 24.3 Å². The molecule has 1 aromatic carbocycles. The zero-order chi connectivity index (χ0) is 14.3. The number of carbonyl (C=O) groups is 1. The molecule has 0 bridgehead atoms. The average molecular weight is 261 g/mol. The van der Waals surface area contributed by atoms with Crippen molar-refractivity contribution in [2.75, 3.05) is 12.4 Å². The van der Waals surface area contributed by atoms with Crippen LogP contribution in [0.25, 0.3) is 0 Å². The molecule has 0 heterocycles. The van der Waals surface area contributed by atoms with E-state index in [4.69, 9.17) is 10.00 Å². The van der Waals surface area contributed by atoms with E-state index in [2.05, 4.69) is 16.7 Å². The van der Waals surface area contributed by atoms with Crippen LogP contribution in [0, 0.1) is 11.3 Å². The molecule has 1 rings (SSSR count). The number of nitrogens with one attached hydrogen (secondary N) is 2. The van der Waals surface area contributed by atoms with Gasteiger partial charge in [-0.3, -0.25) is 4.79 Å². The van der Waals surface area contributed by atoms with Gasteiger partial charge in [-0.1, -0.05) is 0 Å². The standard InChI is InChI=1S/C14H19N3O2/c1-10(2)16-14(18)8-12(9-15)17-11-4-6-13(19-3)7-5-11/h4-7,10,12,17H,8H2,1-3H3,(H,16,18). The summed E-state index contributed by atoms with van der Waals surface area (Å²) in [4.78, 5) is 11.6. The lowest BCUT2D eigenvalue weighted by molar-refractivity contribution is -0.121. The third-order valence-corrected chi connectivity index (χ3v) is 2.43. The quantitative estimate of drug-likeness (QED) is 0.820. The molecular formula is C14H19N3O2. The van der Waals surface area contributed by atoms with Gasteiger partial charge in [-0.25, -0.2) is 0 Å². The fourth-order valence-electron chi connectivity index (χ4n) is 1.58. The Morgan fingerprint density at radius 1 is 1.37 bits per heavy atom. The molecule has 0 aliphatic carbocycles. The maximum Gasteiger partial charge on any atom is 0.223 e. The number of amides is 1. The second kappa shape index (κ2) is 7.27. The molecular weight excluding hydrogens is 242 g/mol. The van der Waals surface area contributed by atoms with Crippen LogP contribution < -0.4 is 15.4 Å². The third kappa shape index (κ3) is 5.30. The zero-order valence-electron chi connectivity index (χ0n) is 11.4. The van der Waals surface area contributed by atoms with E-state index in [0.29, 0.717) is 0 Å². The van der Waals surface area contributed by atoms with E-state index in [9.17, 15) is 4.79 Å². The first-order chi connectivity index (χ1) is 9.05. The lowest BCUT2D eigenvalue weighted by Crippen LogP contribution is -2.34. The molecule has 0 aliphatic rings. The fraction of sp³-hybridized carbons (Fsp3) is 0.429. The molecule has 2 N–H and O–H groups in total. The van der Waals surface area contributed by atoms with Gasteiger partial charge >= 0.3 is 0 Å². The van der Waals surface area contributed by atoms with Crippen LogP contribution in [-0.2, 0) is 4.79 Å². The molecule has 5 heteroatoms. The van der Waals surface area contributed by atoms with Crippen LogP contribution in [0.2, 0.25) is 0 Å². The Balaban J connectivity index is 2.56. The highest BCUT2D eigenvalue weighted by Crippen LogP contribution is 2.16. The summed E-state index contributed by atoms with van der Waals surface area (Å²) in [7, 11) is 1.59. The highest BCUT2D eigenvalue weighted by Gasteiger charge is 2.13. The molecule has 0 saturated carbocycles. The van der Waals surface area contributed by atoms with E-state index in [1.165, 1.54) is 0 Å². The number of ether oxygens (including phenoxy) is 1. The van der Waals surface area contributed by atoms with Crippen LogP contribution in [0.5, 0.6) is 5.75 Å². The summed E-state index contributed by atoms with van der Waals surface area (Å²) in [6.07, 6.45) is 0.126. The number of nitrogens with zero attached hydrogens (tertiary/aromatic N) is 1. The van der Waals surface area contributed by atoms with E-state index in [0.717, 1.165) is 11.4 Å².